The number of hydrogen-bond donors (Lipinski definition) is 0. The van der Waals surface area contributed by atoms with Crippen LogP contribution >= 0.6 is 11.3 Å². The van der Waals surface area contributed by atoms with Crippen LogP contribution in [0.3, 0.4) is 0 Å². The summed E-state index contributed by atoms with van der Waals surface area (Å²) in [6.45, 7) is 9.56. The minimum absolute atomic E-state index is 0.910. The summed E-state index contributed by atoms with van der Waals surface area (Å²) in [6, 6.07) is 4.13. The van der Waals surface area contributed by atoms with Crippen LogP contribution < -0.4 is 0 Å². The van der Waals surface area contributed by atoms with Crippen molar-refractivity contribution in [1.29, 1.82) is 0 Å². The molecule has 1 radical (unpaired) electrons. The van der Waals surface area contributed by atoms with E-state index in [1.54, 1.807) is 11.3 Å². The van der Waals surface area contributed by atoms with E-state index < -0.39 is 0 Å². The van der Waals surface area contributed by atoms with Gasteiger partial charge in [-0.15, -0.1) is 11.3 Å². The Kier molecular flexibility index (Phi) is 1.72. The lowest BCUT2D eigenvalue weighted by Gasteiger charge is -1.87. The lowest BCUT2D eigenvalue weighted by molar-refractivity contribution is 1.64. The second kappa shape index (κ2) is 2.36. The maximum absolute atomic E-state index is 3.74. The molecule has 0 spiro atoms. The molecule has 0 atom stereocenters. The van der Waals surface area contributed by atoms with Crippen LogP contribution in [0.5, 0.6) is 0 Å². The third-order valence-corrected chi connectivity index (χ3v) is 2.19. The molecule has 0 saturated carbocycles. The van der Waals surface area contributed by atoms with E-state index in [4.69, 9.17) is 0 Å². The molecule has 0 fully saturated rings. The molecule has 0 aliphatic rings. The van der Waals surface area contributed by atoms with Gasteiger partial charge in [-0.3, -0.25) is 0 Å². The fourth-order valence-corrected chi connectivity index (χ4v) is 1.39. The number of rotatable bonds is 1. The lowest BCUT2D eigenvalue weighted by Crippen LogP contribution is -1.62. The van der Waals surface area contributed by atoms with Crippen LogP contribution in [0.15, 0.2) is 18.7 Å². The third-order valence-electron chi connectivity index (χ3n) is 1.09. The van der Waals surface area contributed by atoms with E-state index in [1.165, 1.54) is 9.75 Å². The smallest absolute Gasteiger partial charge is 0.0299 e. The molecule has 0 N–H and O–H groups in total. The monoisotopic (exact) mass is 137 g/mol. The topological polar surface area (TPSA) is 0 Å². The molecule has 0 aliphatic carbocycles. The van der Waals surface area contributed by atoms with E-state index in [0.29, 0.717) is 0 Å². The van der Waals surface area contributed by atoms with Crippen molar-refractivity contribution in [3.63, 3.8) is 0 Å². The second-order valence-electron chi connectivity index (χ2n) is 2.01. The summed E-state index contributed by atoms with van der Waals surface area (Å²) in [7, 11) is 0. The summed E-state index contributed by atoms with van der Waals surface area (Å²) in [6.07, 6.45) is 0. The van der Waals surface area contributed by atoms with Crippen LogP contribution in [0.4, 0.5) is 0 Å². The quantitative estimate of drug-likeness (QED) is 0.558. The van der Waals surface area contributed by atoms with Gasteiger partial charge < -0.3 is 0 Å². The Balaban J connectivity index is 2.98. The third kappa shape index (κ3) is 1.42. The molecular formula is C8H9S. The molecule has 1 heterocycles. The Morgan fingerprint density at radius 1 is 1.56 bits per heavy atom. The number of hydrogen-bond acceptors (Lipinski definition) is 1. The molecular weight excluding hydrogens is 128 g/mol. The zero-order valence-corrected chi connectivity index (χ0v) is 6.29. The lowest BCUT2D eigenvalue weighted by atomic mass is 10.3. The molecule has 0 amide bonds. The van der Waals surface area contributed by atoms with Crippen molar-refractivity contribution < 1.29 is 0 Å². The Bertz CT molecular complexity index is 220. The zero-order chi connectivity index (χ0) is 6.85. The van der Waals surface area contributed by atoms with Crippen LogP contribution in [-0.2, 0) is 0 Å². The van der Waals surface area contributed by atoms with Gasteiger partial charge >= 0.3 is 0 Å². The summed E-state index contributed by atoms with van der Waals surface area (Å²) in [5.41, 5.74) is 0.910. The Hall–Kier alpha value is -0.560. The van der Waals surface area contributed by atoms with Gasteiger partial charge in [0.05, 0.1) is 0 Å². The largest absolute Gasteiger partial charge is 0.141 e. The van der Waals surface area contributed by atoms with Crippen LogP contribution in [0.1, 0.15) is 9.75 Å². The predicted molar refractivity (Wildman–Crippen MR) is 43.4 cm³/mol. The second-order valence-corrected chi connectivity index (χ2v) is 3.30. The molecule has 0 aliphatic heterocycles. The van der Waals surface area contributed by atoms with Gasteiger partial charge in [0.2, 0.25) is 0 Å². The Morgan fingerprint density at radius 2 is 2.22 bits per heavy atom. The summed E-state index contributed by atoms with van der Waals surface area (Å²) in [4.78, 5) is 2.50. The first-order chi connectivity index (χ1) is 4.20. The van der Waals surface area contributed by atoms with Gasteiger partial charge in [0.1, 0.15) is 0 Å². The molecule has 0 aromatic carbocycles. The van der Waals surface area contributed by atoms with E-state index in [-0.39, 0.29) is 0 Å². The van der Waals surface area contributed by atoms with E-state index in [2.05, 4.69) is 32.6 Å². The van der Waals surface area contributed by atoms with E-state index in [9.17, 15) is 0 Å². The normalized spacial score (nSPS) is 9.56. The molecule has 1 heteroatoms. The summed E-state index contributed by atoms with van der Waals surface area (Å²) in [5.74, 6) is 0. The Labute approximate surface area is 59.8 Å². The van der Waals surface area contributed by atoms with Gasteiger partial charge in [0.15, 0.2) is 0 Å². The molecule has 1 rings (SSSR count). The SMILES string of the molecule is [CH2]C(=C)c1ccc(C)s1. The van der Waals surface area contributed by atoms with Gasteiger partial charge in [0, 0.05) is 9.75 Å². The van der Waals surface area contributed by atoms with Gasteiger partial charge in [-0.1, -0.05) is 6.58 Å². The fourth-order valence-electron chi connectivity index (χ4n) is 0.625. The number of aryl methyl sites for hydroxylation is 1. The predicted octanol–water partition coefficient (Wildman–Crippen LogP) is 2.90. The van der Waals surface area contributed by atoms with Crippen molar-refractivity contribution in [2.45, 2.75) is 6.92 Å². The van der Waals surface area contributed by atoms with Gasteiger partial charge in [-0.05, 0) is 31.6 Å². The maximum Gasteiger partial charge on any atom is 0.0299 e. The molecule has 0 nitrogen and oxygen atoms in total. The summed E-state index contributed by atoms with van der Waals surface area (Å²) < 4.78 is 0. The summed E-state index contributed by atoms with van der Waals surface area (Å²) >= 11 is 1.73. The van der Waals surface area contributed by atoms with Crippen LogP contribution in [0, 0.1) is 13.8 Å². The van der Waals surface area contributed by atoms with Crippen molar-refractivity contribution in [2.75, 3.05) is 0 Å². The van der Waals surface area contributed by atoms with Crippen molar-refractivity contribution in [3.05, 3.63) is 35.4 Å². The number of thiophene rings is 1. The average Bonchev–Trinajstić information content (AvgIpc) is 2.14. The highest BCUT2D eigenvalue weighted by Gasteiger charge is 1.94. The van der Waals surface area contributed by atoms with Gasteiger partial charge in [-0.25, -0.2) is 0 Å². The van der Waals surface area contributed by atoms with Crippen molar-refractivity contribution >= 4 is 16.9 Å². The summed E-state index contributed by atoms with van der Waals surface area (Å²) in [5, 5.41) is 0. The number of allylic oxidation sites excluding steroid dienone is 1. The zero-order valence-electron chi connectivity index (χ0n) is 5.48. The van der Waals surface area contributed by atoms with E-state index >= 15 is 0 Å². The van der Waals surface area contributed by atoms with Gasteiger partial charge in [-0.2, -0.15) is 0 Å². The highest BCUT2D eigenvalue weighted by atomic mass is 32.1. The minimum Gasteiger partial charge on any atom is -0.141 e. The van der Waals surface area contributed by atoms with Crippen molar-refractivity contribution in [3.8, 4) is 0 Å². The highest BCUT2D eigenvalue weighted by molar-refractivity contribution is 7.13. The molecule has 1 aromatic heterocycles. The molecule has 0 saturated heterocycles. The molecule has 9 heavy (non-hydrogen) atoms. The minimum atomic E-state index is 0.910. The molecule has 0 unspecified atom stereocenters. The van der Waals surface area contributed by atoms with Crippen molar-refractivity contribution in [2.24, 2.45) is 0 Å². The molecule has 47 valence electrons. The first kappa shape index (κ1) is 6.56. The standard InChI is InChI=1S/C8H9S/c1-6(2)8-5-4-7(3)9-8/h4-5H,1-2H2,3H3. The molecule has 1 aromatic rings. The van der Waals surface area contributed by atoms with Crippen LogP contribution in [0.25, 0.3) is 5.57 Å². The maximum atomic E-state index is 3.74. The fraction of sp³-hybridized carbons (Fsp3) is 0.125. The van der Waals surface area contributed by atoms with Gasteiger partial charge in [0.25, 0.3) is 0 Å². The van der Waals surface area contributed by atoms with Crippen LogP contribution in [0.2, 0.25) is 0 Å². The van der Waals surface area contributed by atoms with Crippen LogP contribution in [-0.4, -0.2) is 0 Å². The Morgan fingerprint density at radius 3 is 2.44 bits per heavy atom. The van der Waals surface area contributed by atoms with Crippen molar-refractivity contribution in [1.82, 2.24) is 0 Å². The first-order valence-corrected chi connectivity index (χ1v) is 3.59. The van der Waals surface area contributed by atoms with E-state index in [1.807, 2.05) is 0 Å². The van der Waals surface area contributed by atoms with E-state index in [0.717, 1.165) is 5.57 Å². The molecule has 0 bridgehead atoms. The highest BCUT2D eigenvalue weighted by Crippen LogP contribution is 2.20. The average molecular weight is 137 g/mol. The first-order valence-electron chi connectivity index (χ1n) is 2.78.